The number of rotatable bonds is 6. The molecule has 2 saturated carbocycles. The fourth-order valence-corrected chi connectivity index (χ4v) is 2.90. The number of benzene rings is 1. The molecule has 0 heterocycles. The van der Waals surface area contributed by atoms with Crippen molar-refractivity contribution in [3.63, 3.8) is 0 Å². The maximum absolute atomic E-state index is 11.0. The van der Waals surface area contributed by atoms with E-state index in [4.69, 9.17) is 10.8 Å². The molecule has 3 rings (SSSR count). The van der Waals surface area contributed by atoms with Crippen molar-refractivity contribution < 1.29 is 9.90 Å². The lowest BCUT2D eigenvalue weighted by Crippen LogP contribution is -2.19. The molecular formula is C15H20N2O2. The summed E-state index contributed by atoms with van der Waals surface area (Å²) >= 11 is 0. The average molecular weight is 260 g/mol. The maximum Gasteiger partial charge on any atom is 0.337 e. The van der Waals surface area contributed by atoms with Crippen LogP contribution in [0.5, 0.6) is 0 Å². The van der Waals surface area contributed by atoms with Gasteiger partial charge in [0.15, 0.2) is 0 Å². The zero-order valence-electron chi connectivity index (χ0n) is 10.9. The summed E-state index contributed by atoms with van der Waals surface area (Å²) in [7, 11) is 0. The van der Waals surface area contributed by atoms with Gasteiger partial charge in [-0.1, -0.05) is 6.07 Å². The standard InChI is InChI=1S/C15H20N2O2/c16-14-11(15(18)19)2-1-3-13(14)17-8-12(9-4-5-9)10-6-7-10/h1-3,9-10,12,17H,4-8,16H2,(H,18,19). The van der Waals surface area contributed by atoms with Crippen LogP contribution in [0.2, 0.25) is 0 Å². The van der Waals surface area contributed by atoms with Crippen molar-refractivity contribution in [3.8, 4) is 0 Å². The number of nitrogen functional groups attached to an aromatic ring is 1. The highest BCUT2D eigenvalue weighted by Crippen LogP contribution is 2.49. The second-order valence-corrected chi connectivity index (χ2v) is 5.79. The second-order valence-electron chi connectivity index (χ2n) is 5.79. The molecule has 0 atom stereocenters. The minimum absolute atomic E-state index is 0.180. The predicted molar refractivity (Wildman–Crippen MR) is 75.2 cm³/mol. The summed E-state index contributed by atoms with van der Waals surface area (Å²) < 4.78 is 0. The lowest BCUT2D eigenvalue weighted by molar-refractivity contribution is 0.0698. The average Bonchev–Trinajstić information content (AvgIpc) is 3.25. The zero-order chi connectivity index (χ0) is 13.4. The van der Waals surface area contributed by atoms with Crippen molar-refractivity contribution in [2.75, 3.05) is 17.6 Å². The van der Waals surface area contributed by atoms with Crippen molar-refractivity contribution in [1.82, 2.24) is 0 Å². The van der Waals surface area contributed by atoms with Gasteiger partial charge in [-0.3, -0.25) is 0 Å². The van der Waals surface area contributed by atoms with Crippen LogP contribution in [0.25, 0.3) is 0 Å². The van der Waals surface area contributed by atoms with Crippen LogP contribution in [0.3, 0.4) is 0 Å². The first-order valence-electron chi connectivity index (χ1n) is 7.02. The first kappa shape index (κ1) is 12.3. The van der Waals surface area contributed by atoms with Gasteiger partial charge in [-0.15, -0.1) is 0 Å². The van der Waals surface area contributed by atoms with Crippen molar-refractivity contribution in [2.24, 2.45) is 17.8 Å². The summed E-state index contributed by atoms with van der Waals surface area (Å²) in [6.45, 7) is 0.919. The highest BCUT2D eigenvalue weighted by molar-refractivity contribution is 5.97. The number of carboxylic acid groups (broad SMARTS) is 1. The molecule has 102 valence electrons. The van der Waals surface area contributed by atoms with Crippen LogP contribution in [0, 0.1) is 17.8 Å². The minimum atomic E-state index is -0.970. The molecular weight excluding hydrogens is 240 g/mol. The summed E-state index contributed by atoms with van der Waals surface area (Å²) in [6.07, 6.45) is 5.42. The quantitative estimate of drug-likeness (QED) is 0.687. The third-order valence-electron chi connectivity index (χ3n) is 4.32. The van der Waals surface area contributed by atoms with Gasteiger partial charge in [0.1, 0.15) is 0 Å². The largest absolute Gasteiger partial charge is 0.478 e. The third kappa shape index (κ3) is 2.67. The Morgan fingerprint density at radius 1 is 1.32 bits per heavy atom. The normalized spacial score (nSPS) is 18.6. The number of para-hydroxylation sites is 1. The van der Waals surface area contributed by atoms with E-state index in [0.29, 0.717) is 5.69 Å². The van der Waals surface area contributed by atoms with E-state index in [1.165, 1.54) is 25.7 Å². The first-order chi connectivity index (χ1) is 9.16. The summed E-state index contributed by atoms with van der Waals surface area (Å²) in [5.41, 5.74) is 7.19. The molecule has 0 radical (unpaired) electrons. The predicted octanol–water partition coefficient (Wildman–Crippen LogP) is 2.82. The van der Waals surface area contributed by atoms with Crippen LogP contribution in [-0.2, 0) is 0 Å². The lowest BCUT2D eigenvalue weighted by Gasteiger charge is -2.18. The Kier molecular flexibility index (Phi) is 3.09. The Morgan fingerprint density at radius 2 is 1.95 bits per heavy atom. The number of carboxylic acids is 1. The van der Waals surface area contributed by atoms with Crippen LogP contribution in [0.1, 0.15) is 36.0 Å². The van der Waals surface area contributed by atoms with Crippen LogP contribution in [0.15, 0.2) is 18.2 Å². The molecule has 2 fully saturated rings. The highest BCUT2D eigenvalue weighted by Gasteiger charge is 2.41. The van der Waals surface area contributed by atoms with E-state index in [-0.39, 0.29) is 5.56 Å². The van der Waals surface area contributed by atoms with Gasteiger partial charge in [-0.05, 0) is 55.6 Å². The van der Waals surface area contributed by atoms with E-state index in [2.05, 4.69) is 5.32 Å². The van der Waals surface area contributed by atoms with E-state index < -0.39 is 5.97 Å². The van der Waals surface area contributed by atoms with E-state index in [9.17, 15) is 4.79 Å². The molecule has 4 nitrogen and oxygen atoms in total. The molecule has 2 aliphatic carbocycles. The highest BCUT2D eigenvalue weighted by atomic mass is 16.4. The SMILES string of the molecule is Nc1c(NCC(C2CC2)C2CC2)cccc1C(=O)O. The van der Waals surface area contributed by atoms with Gasteiger partial charge in [0.05, 0.1) is 16.9 Å². The summed E-state index contributed by atoms with van der Waals surface area (Å²) in [5.74, 6) is 1.53. The Morgan fingerprint density at radius 3 is 2.47 bits per heavy atom. The lowest BCUT2D eigenvalue weighted by atomic mass is 9.97. The van der Waals surface area contributed by atoms with Crippen molar-refractivity contribution in [1.29, 1.82) is 0 Å². The fourth-order valence-electron chi connectivity index (χ4n) is 2.90. The van der Waals surface area contributed by atoms with E-state index in [0.717, 1.165) is 30.0 Å². The molecule has 19 heavy (non-hydrogen) atoms. The summed E-state index contributed by atoms with van der Waals surface area (Å²) in [5, 5.41) is 12.4. The van der Waals surface area contributed by atoms with Gasteiger partial charge < -0.3 is 16.2 Å². The molecule has 4 N–H and O–H groups in total. The Hall–Kier alpha value is -1.71. The smallest absolute Gasteiger partial charge is 0.337 e. The van der Waals surface area contributed by atoms with Gasteiger partial charge >= 0.3 is 5.97 Å². The molecule has 0 unspecified atom stereocenters. The molecule has 1 aromatic rings. The minimum Gasteiger partial charge on any atom is -0.478 e. The molecule has 4 heteroatoms. The zero-order valence-corrected chi connectivity index (χ0v) is 10.9. The Balaban J connectivity index is 1.68. The molecule has 0 bridgehead atoms. The Labute approximate surface area is 113 Å². The fraction of sp³-hybridized carbons (Fsp3) is 0.533. The van der Waals surface area contributed by atoms with E-state index in [1.54, 1.807) is 12.1 Å². The van der Waals surface area contributed by atoms with Crippen LogP contribution in [0.4, 0.5) is 11.4 Å². The number of aromatic carboxylic acids is 1. The van der Waals surface area contributed by atoms with E-state index >= 15 is 0 Å². The van der Waals surface area contributed by atoms with Crippen molar-refractivity contribution in [3.05, 3.63) is 23.8 Å². The number of hydrogen-bond acceptors (Lipinski definition) is 3. The van der Waals surface area contributed by atoms with Crippen molar-refractivity contribution >= 4 is 17.3 Å². The van der Waals surface area contributed by atoms with Gasteiger partial charge in [0, 0.05) is 6.54 Å². The monoisotopic (exact) mass is 260 g/mol. The van der Waals surface area contributed by atoms with Gasteiger partial charge in [0.25, 0.3) is 0 Å². The first-order valence-corrected chi connectivity index (χ1v) is 7.02. The molecule has 1 aromatic carbocycles. The summed E-state index contributed by atoms with van der Waals surface area (Å²) in [6, 6.07) is 5.14. The van der Waals surface area contributed by atoms with Gasteiger partial charge in [0.2, 0.25) is 0 Å². The number of anilines is 2. The number of carbonyl (C=O) groups is 1. The third-order valence-corrected chi connectivity index (χ3v) is 4.32. The molecule has 0 amide bonds. The van der Waals surface area contributed by atoms with E-state index in [1.807, 2.05) is 6.07 Å². The van der Waals surface area contributed by atoms with Gasteiger partial charge in [-0.25, -0.2) is 4.79 Å². The Bertz CT molecular complexity index is 481. The van der Waals surface area contributed by atoms with Crippen LogP contribution < -0.4 is 11.1 Å². The number of hydrogen-bond donors (Lipinski definition) is 3. The molecule has 0 spiro atoms. The second kappa shape index (κ2) is 4.76. The van der Waals surface area contributed by atoms with Crippen molar-refractivity contribution in [2.45, 2.75) is 25.7 Å². The topological polar surface area (TPSA) is 75.3 Å². The molecule has 0 aliphatic heterocycles. The molecule has 0 saturated heterocycles. The molecule has 2 aliphatic rings. The number of nitrogens with one attached hydrogen (secondary N) is 1. The maximum atomic E-state index is 11.0. The summed E-state index contributed by atoms with van der Waals surface area (Å²) in [4.78, 5) is 11.0. The molecule has 0 aromatic heterocycles. The van der Waals surface area contributed by atoms with Crippen LogP contribution >= 0.6 is 0 Å². The van der Waals surface area contributed by atoms with Crippen LogP contribution in [-0.4, -0.2) is 17.6 Å². The van der Waals surface area contributed by atoms with Gasteiger partial charge in [-0.2, -0.15) is 0 Å². The number of nitrogens with two attached hydrogens (primary N) is 1.